The molecule has 1 aliphatic rings. The van der Waals surface area contributed by atoms with E-state index in [4.69, 9.17) is 4.74 Å². The van der Waals surface area contributed by atoms with E-state index in [1.807, 2.05) is 44.2 Å². The van der Waals surface area contributed by atoms with Crippen LogP contribution in [0.4, 0.5) is 5.95 Å². The molecule has 126 valence electrons. The first-order valence-corrected chi connectivity index (χ1v) is 8.14. The molecule has 1 amide bonds. The third kappa shape index (κ3) is 4.08. The van der Waals surface area contributed by atoms with Gasteiger partial charge in [0.1, 0.15) is 0 Å². The quantitative estimate of drug-likeness (QED) is 0.929. The van der Waals surface area contributed by atoms with E-state index in [1.165, 1.54) is 0 Å². The van der Waals surface area contributed by atoms with E-state index < -0.39 is 0 Å². The van der Waals surface area contributed by atoms with Crippen molar-refractivity contribution in [3.63, 3.8) is 0 Å². The maximum absolute atomic E-state index is 12.2. The summed E-state index contributed by atoms with van der Waals surface area (Å²) in [6, 6.07) is 9.42. The summed E-state index contributed by atoms with van der Waals surface area (Å²) < 4.78 is 5.36. The monoisotopic (exact) mass is 326 g/mol. The smallest absolute Gasteiger partial charge is 0.251 e. The topological polar surface area (TPSA) is 67.4 Å². The minimum atomic E-state index is -0.0980. The Bertz CT molecular complexity index is 709. The number of anilines is 1. The zero-order valence-corrected chi connectivity index (χ0v) is 14.1. The van der Waals surface area contributed by atoms with E-state index in [0.717, 1.165) is 30.0 Å². The molecule has 2 heterocycles. The van der Waals surface area contributed by atoms with E-state index >= 15 is 0 Å². The summed E-state index contributed by atoms with van der Waals surface area (Å²) in [4.78, 5) is 23.4. The van der Waals surface area contributed by atoms with Crippen molar-refractivity contribution in [2.24, 2.45) is 0 Å². The van der Waals surface area contributed by atoms with Gasteiger partial charge in [-0.25, -0.2) is 9.97 Å². The largest absolute Gasteiger partial charge is 0.378 e. The van der Waals surface area contributed by atoms with E-state index in [0.29, 0.717) is 31.3 Å². The molecule has 0 spiro atoms. The molecule has 0 unspecified atom stereocenters. The highest BCUT2D eigenvalue weighted by atomic mass is 16.5. The average Bonchev–Trinajstić information content (AvgIpc) is 2.60. The van der Waals surface area contributed by atoms with Crippen molar-refractivity contribution in [1.29, 1.82) is 0 Å². The van der Waals surface area contributed by atoms with Crippen LogP contribution in [0.25, 0.3) is 0 Å². The van der Waals surface area contributed by atoms with Crippen molar-refractivity contribution in [2.45, 2.75) is 20.4 Å². The molecule has 6 nitrogen and oxygen atoms in total. The summed E-state index contributed by atoms with van der Waals surface area (Å²) in [5.74, 6) is 0.608. The van der Waals surface area contributed by atoms with Gasteiger partial charge < -0.3 is 15.0 Å². The molecule has 1 fully saturated rings. The highest BCUT2D eigenvalue weighted by Crippen LogP contribution is 2.12. The van der Waals surface area contributed by atoms with Crippen LogP contribution < -0.4 is 10.2 Å². The van der Waals surface area contributed by atoms with Crippen LogP contribution in [-0.4, -0.2) is 42.2 Å². The second-order valence-corrected chi connectivity index (χ2v) is 5.95. The molecule has 1 saturated heterocycles. The number of carbonyl (C=O) groups excluding carboxylic acids is 1. The molecule has 3 rings (SSSR count). The fourth-order valence-electron chi connectivity index (χ4n) is 2.59. The van der Waals surface area contributed by atoms with Crippen molar-refractivity contribution < 1.29 is 9.53 Å². The number of rotatable bonds is 4. The Labute approximate surface area is 141 Å². The number of aryl methyl sites for hydroxylation is 2. The maximum Gasteiger partial charge on any atom is 0.251 e. The minimum Gasteiger partial charge on any atom is -0.378 e. The predicted molar refractivity (Wildman–Crippen MR) is 92.2 cm³/mol. The predicted octanol–water partition coefficient (Wildman–Crippen LogP) is 1.86. The third-order valence-corrected chi connectivity index (χ3v) is 3.93. The molecule has 1 aromatic heterocycles. The number of hydrogen-bond donors (Lipinski definition) is 1. The van der Waals surface area contributed by atoms with Crippen LogP contribution in [0.2, 0.25) is 0 Å². The van der Waals surface area contributed by atoms with Gasteiger partial charge in [0.15, 0.2) is 0 Å². The van der Waals surface area contributed by atoms with Gasteiger partial charge in [-0.2, -0.15) is 0 Å². The molecule has 1 aliphatic heterocycles. The average molecular weight is 326 g/mol. The van der Waals surface area contributed by atoms with Crippen LogP contribution in [0.5, 0.6) is 0 Å². The summed E-state index contributed by atoms with van der Waals surface area (Å²) >= 11 is 0. The summed E-state index contributed by atoms with van der Waals surface area (Å²) in [5, 5.41) is 2.92. The van der Waals surface area contributed by atoms with Crippen LogP contribution in [0.3, 0.4) is 0 Å². The number of aromatic nitrogens is 2. The van der Waals surface area contributed by atoms with Crippen LogP contribution in [0.15, 0.2) is 30.3 Å². The highest BCUT2D eigenvalue weighted by molar-refractivity contribution is 5.94. The lowest BCUT2D eigenvalue weighted by atomic mass is 10.1. The lowest BCUT2D eigenvalue weighted by molar-refractivity contribution is 0.0950. The van der Waals surface area contributed by atoms with Crippen molar-refractivity contribution in [1.82, 2.24) is 15.3 Å². The molecule has 24 heavy (non-hydrogen) atoms. The zero-order chi connectivity index (χ0) is 16.9. The summed E-state index contributed by atoms with van der Waals surface area (Å²) in [6.07, 6.45) is 0. The molecular weight excluding hydrogens is 304 g/mol. The van der Waals surface area contributed by atoms with Gasteiger partial charge in [0, 0.05) is 24.3 Å². The van der Waals surface area contributed by atoms with Crippen molar-refractivity contribution in [3.8, 4) is 0 Å². The molecular formula is C18H22N4O2. The van der Waals surface area contributed by atoms with Gasteiger partial charge in [-0.15, -0.1) is 0 Å². The molecule has 1 N–H and O–H groups in total. The number of benzene rings is 1. The number of ether oxygens (including phenoxy) is 1. The molecule has 6 heteroatoms. The number of nitrogens with zero attached hydrogens (tertiary/aromatic N) is 3. The molecule has 2 aromatic rings. The third-order valence-electron chi connectivity index (χ3n) is 3.93. The maximum atomic E-state index is 12.2. The fraction of sp³-hybridized carbons (Fsp3) is 0.389. The number of hydrogen-bond acceptors (Lipinski definition) is 5. The Morgan fingerprint density at radius 2 is 1.88 bits per heavy atom. The molecule has 1 aromatic carbocycles. The Balaban J connectivity index is 1.67. The SMILES string of the molecule is Cc1ccc(C(=O)NCc2cc(C)nc(N3CCOCC3)n2)cc1. The first-order chi connectivity index (χ1) is 11.6. The second-order valence-electron chi connectivity index (χ2n) is 5.95. The van der Waals surface area contributed by atoms with Gasteiger partial charge in [0.2, 0.25) is 5.95 Å². The molecule has 0 aliphatic carbocycles. The van der Waals surface area contributed by atoms with Crippen LogP contribution in [0, 0.1) is 13.8 Å². The number of amides is 1. The van der Waals surface area contributed by atoms with Gasteiger partial charge in [-0.3, -0.25) is 4.79 Å². The van der Waals surface area contributed by atoms with Gasteiger partial charge in [-0.1, -0.05) is 17.7 Å². The number of nitrogens with one attached hydrogen (secondary N) is 1. The zero-order valence-electron chi connectivity index (χ0n) is 14.1. The van der Waals surface area contributed by atoms with Gasteiger partial charge >= 0.3 is 0 Å². The molecule has 0 atom stereocenters. The Hall–Kier alpha value is -2.47. The normalized spacial score (nSPS) is 14.5. The van der Waals surface area contributed by atoms with E-state index in [1.54, 1.807) is 0 Å². The first kappa shape index (κ1) is 16.4. The molecule has 0 radical (unpaired) electrons. The molecule has 0 bridgehead atoms. The van der Waals surface area contributed by atoms with Crippen molar-refractivity contribution in [2.75, 3.05) is 31.2 Å². The van der Waals surface area contributed by atoms with Gasteiger partial charge in [-0.05, 0) is 32.0 Å². The second kappa shape index (κ2) is 7.40. The molecule has 0 saturated carbocycles. The van der Waals surface area contributed by atoms with Crippen LogP contribution in [0.1, 0.15) is 27.3 Å². The summed E-state index contributed by atoms with van der Waals surface area (Å²) in [6.45, 7) is 7.29. The summed E-state index contributed by atoms with van der Waals surface area (Å²) in [5.41, 5.74) is 3.49. The lowest BCUT2D eigenvalue weighted by Gasteiger charge is -2.27. The fourth-order valence-corrected chi connectivity index (χ4v) is 2.59. The van der Waals surface area contributed by atoms with E-state index in [2.05, 4.69) is 20.2 Å². The van der Waals surface area contributed by atoms with Gasteiger partial charge in [0.05, 0.1) is 25.5 Å². The van der Waals surface area contributed by atoms with Gasteiger partial charge in [0.25, 0.3) is 5.91 Å². The standard InChI is InChI=1S/C18H22N4O2/c1-13-3-5-15(6-4-13)17(23)19-12-16-11-14(2)20-18(21-16)22-7-9-24-10-8-22/h3-6,11H,7-10,12H2,1-2H3,(H,19,23). The minimum absolute atomic E-state index is 0.0980. The summed E-state index contributed by atoms with van der Waals surface area (Å²) in [7, 11) is 0. The van der Waals surface area contributed by atoms with Crippen molar-refractivity contribution >= 4 is 11.9 Å². The van der Waals surface area contributed by atoms with Crippen LogP contribution in [-0.2, 0) is 11.3 Å². The Morgan fingerprint density at radius 1 is 1.17 bits per heavy atom. The highest BCUT2D eigenvalue weighted by Gasteiger charge is 2.15. The lowest BCUT2D eigenvalue weighted by Crippen LogP contribution is -2.37. The van der Waals surface area contributed by atoms with E-state index in [-0.39, 0.29) is 5.91 Å². The number of carbonyl (C=O) groups is 1. The van der Waals surface area contributed by atoms with Crippen LogP contribution >= 0.6 is 0 Å². The van der Waals surface area contributed by atoms with Crippen molar-refractivity contribution in [3.05, 3.63) is 52.8 Å². The van der Waals surface area contributed by atoms with E-state index in [9.17, 15) is 4.79 Å². The number of morpholine rings is 1. The Kier molecular flexibility index (Phi) is 5.05. The first-order valence-electron chi connectivity index (χ1n) is 8.14. The Morgan fingerprint density at radius 3 is 2.58 bits per heavy atom.